The van der Waals surface area contributed by atoms with Crippen molar-refractivity contribution in [2.75, 3.05) is 7.11 Å². The average Bonchev–Trinajstić information content (AvgIpc) is 2.96. The van der Waals surface area contributed by atoms with Gasteiger partial charge >= 0.3 is 5.97 Å². The van der Waals surface area contributed by atoms with E-state index in [1.165, 1.54) is 24.5 Å². The van der Waals surface area contributed by atoms with Crippen molar-refractivity contribution in [2.24, 2.45) is 17.3 Å². The lowest BCUT2D eigenvalue weighted by Gasteiger charge is -2.50. The molecule has 4 heteroatoms. The van der Waals surface area contributed by atoms with Crippen LogP contribution in [0.15, 0.2) is 12.1 Å². The third-order valence-electron chi connectivity index (χ3n) is 7.65. The van der Waals surface area contributed by atoms with Crippen LogP contribution in [-0.4, -0.2) is 25.0 Å². The molecule has 146 valence electrons. The molecule has 4 rings (SSSR count). The molecule has 0 spiro atoms. The smallest absolute Gasteiger partial charge is 0.302 e. The topological polar surface area (TPSA) is 52.6 Å². The van der Waals surface area contributed by atoms with Gasteiger partial charge in [0.1, 0.15) is 11.9 Å². The molecular formula is C23H30O4. The molecule has 0 saturated heterocycles. The Balaban J connectivity index is 1.67. The maximum Gasteiger partial charge on any atom is 0.302 e. The highest BCUT2D eigenvalue weighted by molar-refractivity contribution is 5.97. The number of fused-ring (bicyclic) bond motifs is 5. The Hall–Kier alpha value is -1.84. The molecule has 3 aliphatic rings. The first-order valence-electron chi connectivity index (χ1n) is 10.2. The minimum absolute atomic E-state index is 0.0611. The molecule has 3 aliphatic carbocycles. The van der Waals surface area contributed by atoms with E-state index in [9.17, 15) is 9.59 Å². The summed E-state index contributed by atoms with van der Waals surface area (Å²) in [5.41, 5.74) is 3.50. The van der Waals surface area contributed by atoms with E-state index in [1.54, 1.807) is 14.0 Å². The van der Waals surface area contributed by atoms with Crippen molar-refractivity contribution in [3.05, 3.63) is 28.8 Å². The summed E-state index contributed by atoms with van der Waals surface area (Å²) in [5, 5.41) is 0. The number of Topliss-reactive ketones (excluding diaryl/α,β-unsaturated/α-hetero) is 1. The number of ether oxygens (including phenoxy) is 2. The van der Waals surface area contributed by atoms with Crippen LogP contribution >= 0.6 is 0 Å². The van der Waals surface area contributed by atoms with Gasteiger partial charge in [0.15, 0.2) is 5.78 Å². The monoisotopic (exact) mass is 370 g/mol. The van der Waals surface area contributed by atoms with E-state index in [4.69, 9.17) is 9.47 Å². The van der Waals surface area contributed by atoms with Crippen LogP contribution < -0.4 is 4.74 Å². The molecule has 1 aromatic rings. The first kappa shape index (κ1) is 18.5. The number of esters is 1. The van der Waals surface area contributed by atoms with Crippen LogP contribution in [0.2, 0.25) is 0 Å². The van der Waals surface area contributed by atoms with Crippen molar-refractivity contribution in [3.8, 4) is 5.75 Å². The Labute approximate surface area is 161 Å². The van der Waals surface area contributed by atoms with Crippen molar-refractivity contribution in [3.63, 3.8) is 0 Å². The molecule has 0 amide bonds. The maximum atomic E-state index is 12.1. The third kappa shape index (κ3) is 2.88. The number of aryl methyl sites for hydroxylation is 1. The van der Waals surface area contributed by atoms with E-state index < -0.39 is 0 Å². The summed E-state index contributed by atoms with van der Waals surface area (Å²) in [6.07, 6.45) is 6.58. The molecule has 0 N–H and O–H groups in total. The standard InChI is InChI=1S/C23H30O4/c1-13(24)18-12-19-15(11-21(18)26-4)5-6-17-16(19)9-10-23(3)20(17)7-8-22(23)27-14(2)25/h11-12,16-17,20,22H,5-10H2,1-4H3/t16-,17-,20-,22+,23-/m1/s1. The Morgan fingerprint density at radius 3 is 2.56 bits per heavy atom. The van der Waals surface area contributed by atoms with Gasteiger partial charge in [0, 0.05) is 12.3 Å². The summed E-state index contributed by atoms with van der Waals surface area (Å²) in [6, 6.07) is 4.20. The second-order valence-corrected chi connectivity index (χ2v) is 8.94. The summed E-state index contributed by atoms with van der Waals surface area (Å²) in [5.74, 6) is 2.33. The highest BCUT2D eigenvalue weighted by Crippen LogP contribution is 2.61. The van der Waals surface area contributed by atoms with Crippen LogP contribution in [0.5, 0.6) is 5.75 Å². The molecule has 0 unspecified atom stereocenters. The summed E-state index contributed by atoms with van der Waals surface area (Å²) < 4.78 is 11.2. The maximum absolute atomic E-state index is 12.1. The minimum atomic E-state index is -0.156. The summed E-state index contributed by atoms with van der Waals surface area (Å²) in [7, 11) is 1.64. The predicted molar refractivity (Wildman–Crippen MR) is 103 cm³/mol. The number of rotatable bonds is 3. The molecule has 2 saturated carbocycles. The van der Waals surface area contributed by atoms with Gasteiger partial charge in [-0.15, -0.1) is 0 Å². The molecule has 0 radical (unpaired) electrons. The third-order valence-corrected chi connectivity index (χ3v) is 7.65. The van der Waals surface area contributed by atoms with E-state index in [0.717, 1.165) is 32.1 Å². The number of ketones is 1. The Morgan fingerprint density at radius 1 is 1.11 bits per heavy atom. The lowest BCUT2D eigenvalue weighted by Crippen LogP contribution is -2.45. The van der Waals surface area contributed by atoms with Crippen molar-refractivity contribution in [1.82, 2.24) is 0 Å². The molecule has 27 heavy (non-hydrogen) atoms. The van der Waals surface area contributed by atoms with Gasteiger partial charge in [0.25, 0.3) is 0 Å². The zero-order valence-electron chi connectivity index (χ0n) is 16.8. The summed E-state index contributed by atoms with van der Waals surface area (Å²) in [4.78, 5) is 23.7. The lowest BCUT2D eigenvalue weighted by molar-refractivity contribution is -0.154. The lowest BCUT2D eigenvalue weighted by atomic mass is 9.55. The summed E-state index contributed by atoms with van der Waals surface area (Å²) >= 11 is 0. The van der Waals surface area contributed by atoms with Crippen LogP contribution in [0.4, 0.5) is 0 Å². The van der Waals surface area contributed by atoms with Crippen molar-refractivity contribution in [1.29, 1.82) is 0 Å². The first-order valence-corrected chi connectivity index (χ1v) is 10.2. The van der Waals surface area contributed by atoms with Gasteiger partial charge in [-0.2, -0.15) is 0 Å². The zero-order valence-corrected chi connectivity index (χ0v) is 16.8. The number of carbonyl (C=O) groups is 2. The Morgan fingerprint density at radius 2 is 1.89 bits per heavy atom. The van der Waals surface area contributed by atoms with Crippen LogP contribution in [0.1, 0.15) is 80.3 Å². The molecule has 4 nitrogen and oxygen atoms in total. The first-order chi connectivity index (χ1) is 12.8. The van der Waals surface area contributed by atoms with E-state index >= 15 is 0 Å². The summed E-state index contributed by atoms with van der Waals surface area (Å²) in [6.45, 7) is 5.47. The van der Waals surface area contributed by atoms with Gasteiger partial charge < -0.3 is 9.47 Å². The van der Waals surface area contributed by atoms with Crippen molar-refractivity contribution in [2.45, 2.75) is 71.3 Å². The molecule has 0 bridgehead atoms. The molecule has 2 fully saturated rings. The zero-order chi connectivity index (χ0) is 19.3. The molecule has 5 atom stereocenters. The number of hydrogen-bond acceptors (Lipinski definition) is 4. The highest BCUT2D eigenvalue weighted by Gasteiger charge is 2.56. The van der Waals surface area contributed by atoms with Crippen LogP contribution in [-0.2, 0) is 16.0 Å². The molecule has 0 aliphatic heterocycles. The second kappa shape index (κ2) is 6.65. The predicted octanol–water partition coefficient (Wildman–Crippen LogP) is 4.69. The number of methoxy groups -OCH3 is 1. The van der Waals surface area contributed by atoms with E-state index in [-0.39, 0.29) is 23.3 Å². The van der Waals surface area contributed by atoms with Crippen molar-refractivity contribution >= 4 is 11.8 Å². The fourth-order valence-electron chi connectivity index (χ4n) is 6.39. The highest BCUT2D eigenvalue weighted by atomic mass is 16.5. The van der Waals surface area contributed by atoms with Crippen LogP contribution in [0.3, 0.4) is 0 Å². The quantitative estimate of drug-likeness (QED) is 0.572. The Kier molecular flexibility index (Phi) is 4.56. The van der Waals surface area contributed by atoms with E-state index in [0.29, 0.717) is 29.1 Å². The SMILES string of the molecule is COc1cc2c(cc1C(C)=O)[C@@H]1CC[C@@]3(C)[C@@H](OC(C)=O)CC[C@@H]3[C@@H]1CC2. The van der Waals surface area contributed by atoms with Gasteiger partial charge in [-0.1, -0.05) is 6.92 Å². The van der Waals surface area contributed by atoms with E-state index in [1.807, 2.05) is 0 Å². The van der Waals surface area contributed by atoms with Gasteiger partial charge in [0.2, 0.25) is 0 Å². The number of benzene rings is 1. The second-order valence-electron chi connectivity index (χ2n) is 8.94. The average molecular weight is 370 g/mol. The molecule has 0 aromatic heterocycles. The van der Waals surface area contributed by atoms with Gasteiger partial charge in [-0.05, 0) is 86.5 Å². The van der Waals surface area contributed by atoms with Crippen molar-refractivity contribution < 1.29 is 19.1 Å². The van der Waals surface area contributed by atoms with Crippen LogP contribution in [0, 0.1) is 17.3 Å². The molecule has 0 heterocycles. The Bertz CT molecular complexity index is 783. The molecular weight excluding hydrogens is 340 g/mol. The van der Waals surface area contributed by atoms with Crippen LogP contribution in [0.25, 0.3) is 0 Å². The normalized spacial score (nSPS) is 34.2. The largest absolute Gasteiger partial charge is 0.496 e. The number of hydrogen-bond donors (Lipinski definition) is 0. The van der Waals surface area contributed by atoms with E-state index in [2.05, 4.69) is 19.1 Å². The van der Waals surface area contributed by atoms with Gasteiger partial charge in [-0.25, -0.2) is 0 Å². The molecule has 1 aromatic carbocycles. The van der Waals surface area contributed by atoms with Gasteiger partial charge in [-0.3, -0.25) is 9.59 Å². The minimum Gasteiger partial charge on any atom is -0.496 e. The van der Waals surface area contributed by atoms with Gasteiger partial charge in [0.05, 0.1) is 12.7 Å². The number of carbonyl (C=O) groups excluding carboxylic acids is 2. The fourth-order valence-corrected chi connectivity index (χ4v) is 6.39. The fraction of sp³-hybridized carbons (Fsp3) is 0.652.